The van der Waals surface area contributed by atoms with Crippen LogP contribution in [0.2, 0.25) is 0 Å². The minimum atomic E-state index is -0.501. The molecule has 1 N–H and O–H groups in total. The summed E-state index contributed by atoms with van der Waals surface area (Å²) in [5.74, 6) is -0.501. The number of nitrogens with one attached hydrogen (secondary N) is 1. The van der Waals surface area contributed by atoms with Gasteiger partial charge in [0.15, 0.2) is 0 Å². The predicted molar refractivity (Wildman–Crippen MR) is 223 cm³/mol. The van der Waals surface area contributed by atoms with Gasteiger partial charge >= 0.3 is 0 Å². The molecule has 2 aliphatic carbocycles. The van der Waals surface area contributed by atoms with Crippen LogP contribution >= 0.6 is 0 Å². The van der Waals surface area contributed by atoms with Crippen molar-refractivity contribution in [3.63, 3.8) is 0 Å². The first-order valence-corrected chi connectivity index (χ1v) is 18.9. The third-order valence-electron chi connectivity index (χ3n) is 10.2. The van der Waals surface area contributed by atoms with Crippen molar-refractivity contribution < 1.29 is 8.78 Å². The SMILES string of the molecule is C=CCC1=C(N(C/C=C/F)c2cc(NC(/C=C\C(=C)F)=C(/C)C3=CCCCC3)cc(-c3cc(-c4ccccc4)cc(-c4ccccc4)c3)c2)CCCC1. The molecular formula is C49H50F2N2. The van der Waals surface area contributed by atoms with Gasteiger partial charge < -0.3 is 10.2 Å². The van der Waals surface area contributed by atoms with E-state index in [1.165, 1.54) is 29.3 Å². The normalized spacial score (nSPS) is 15.3. The van der Waals surface area contributed by atoms with Crippen molar-refractivity contribution in [3.05, 3.63) is 181 Å². The van der Waals surface area contributed by atoms with E-state index in [1.807, 2.05) is 18.2 Å². The zero-order chi connectivity index (χ0) is 37.0. The summed E-state index contributed by atoms with van der Waals surface area (Å²) in [7, 11) is 0. The van der Waals surface area contributed by atoms with Crippen LogP contribution in [0.3, 0.4) is 0 Å². The van der Waals surface area contributed by atoms with Crippen molar-refractivity contribution in [2.45, 2.75) is 64.7 Å². The van der Waals surface area contributed by atoms with Crippen molar-refractivity contribution in [2.75, 3.05) is 16.8 Å². The van der Waals surface area contributed by atoms with E-state index < -0.39 is 5.83 Å². The molecule has 53 heavy (non-hydrogen) atoms. The van der Waals surface area contributed by atoms with Crippen LogP contribution < -0.4 is 10.2 Å². The third-order valence-corrected chi connectivity index (χ3v) is 10.2. The molecule has 6 rings (SSSR count). The van der Waals surface area contributed by atoms with Crippen molar-refractivity contribution in [1.82, 2.24) is 0 Å². The summed E-state index contributed by atoms with van der Waals surface area (Å²) in [6, 6.07) is 34.2. The first-order chi connectivity index (χ1) is 25.9. The van der Waals surface area contributed by atoms with Gasteiger partial charge in [0, 0.05) is 29.3 Å². The van der Waals surface area contributed by atoms with E-state index in [9.17, 15) is 8.78 Å². The highest BCUT2D eigenvalue weighted by atomic mass is 19.1. The number of halogens is 2. The number of nitrogens with zero attached hydrogens (tertiary/aromatic N) is 1. The van der Waals surface area contributed by atoms with Crippen molar-refractivity contribution in [2.24, 2.45) is 0 Å². The Morgan fingerprint density at radius 1 is 0.755 bits per heavy atom. The topological polar surface area (TPSA) is 15.3 Å². The van der Waals surface area contributed by atoms with E-state index >= 15 is 0 Å². The number of rotatable bonds is 14. The number of anilines is 2. The number of allylic oxidation sites excluding steroid dienone is 9. The van der Waals surface area contributed by atoms with E-state index in [2.05, 4.69) is 121 Å². The smallest absolute Gasteiger partial charge is 0.116 e. The Morgan fingerprint density at radius 2 is 1.38 bits per heavy atom. The summed E-state index contributed by atoms with van der Waals surface area (Å²) in [6.07, 6.45) is 19.0. The van der Waals surface area contributed by atoms with Crippen LogP contribution in [0.25, 0.3) is 33.4 Å². The standard InChI is InChI=1S/C49H50F2N2/c1-4-17-41-24-14-15-25-49(41)53(29-16-28-50)47-34-45(33-46(35-47)52-48(27-26-36(2)51)37(3)38-18-8-5-9-19-38)44-31-42(39-20-10-6-11-21-39)30-43(32-44)40-22-12-7-13-23-40/h4,6-7,10-13,16,18,20-23,26-28,30-35,52H,1-2,5,8-9,14-15,17,19,24-25,29H2,3H3/b27-26-,28-16+,48-37-. The van der Waals surface area contributed by atoms with Gasteiger partial charge in [-0.1, -0.05) is 79.4 Å². The lowest BCUT2D eigenvalue weighted by atomic mass is 9.91. The highest BCUT2D eigenvalue weighted by Crippen LogP contribution is 2.39. The van der Waals surface area contributed by atoms with Gasteiger partial charge in [0.1, 0.15) is 5.83 Å². The summed E-state index contributed by atoms with van der Waals surface area (Å²) < 4.78 is 27.9. The molecule has 0 fully saturated rings. The summed E-state index contributed by atoms with van der Waals surface area (Å²) in [5.41, 5.74) is 14.2. The summed E-state index contributed by atoms with van der Waals surface area (Å²) in [4.78, 5) is 2.26. The lowest BCUT2D eigenvalue weighted by Gasteiger charge is -2.32. The molecule has 0 amide bonds. The molecule has 0 bridgehead atoms. The quantitative estimate of drug-likeness (QED) is 0.104. The molecule has 0 aliphatic heterocycles. The summed E-state index contributed by atoms with van der Waals surface area (Å²) >= 11 is 0. The van der Waals surface area contributed by atoms with Gasteiger partial charge in [-0.15, -0.1) is 6.58 Å². The molecule has 4 aromatic rings. The molecule has 0 aromatic heterocycles. The molecule has 0 heterocycles. The lowest BCUT2D eigenvalue weighted by Crippen LogP contribution is -2.26. The number of benzene rings is 4. The van der Waals surface area contributed by atoms with E-state index in [4.69, 9.17) is 0 Å². The zero-order valence-corrected chi connectivity index (χ0v) is 30.9. The van der Waals surface area contributed by atoms with E-state index in [-0.39, 0.29) is 0 Å². The predicted octanol–water partition coefficient (Wildman–Crippen LogP) is 14.6. The van der Waals surface area contributed by atoms with Crippen molar-refractivity contribution in [3.8, 4) is 33.4 Å². The fraction of sp³-hybridized carbons (Fsp3) is 0.224. The summed E-state index contributed by atoms with van der Waals surface area (Å²) in [5, 5.41) is 3.72. The molecule has 0 spiro atoms. The maximum Gasteiger partial charge on any atom is 0.116 e. The first-order valence-electron chi connectivity index (χ1n) is 18.9. The third kappa shape index (κ3) is 9.70. The van der Waals surface area contributed by atoms with E-state index in [0.717, 1.165) is 107 Å². The van der Waals surface area contributed by atoms with E-state index in [1.54, 1.807) is 12.2 Å². The van der Waals surface area contributed by atoms with Gasteiger partial charge in [-0.05, 0) is 169 Å². The number of hydrogen-bond donors (Lipinski definition) is 1. The lowest BCUT2D eigenvalue weighted by molar-refractivity contribution is 0.641. The van der Waals surface area contributed by atoms with Gasteiger partial charge in [0.05, 0.1) is 6.33 Å². The fourth-order valence-corrected chi connectivity index (χ4v) is 7.52. The Morgan fingerprint density at radius 3 is 1.98 bits per heavy atom. The largest absolute Gasteiger partial charge is 0.355 e. The van der Waals surface area contributed by atoms with Crippen LogP contribution in [-0.4, -0.2) is 6.54 Å². The van der Waals surface area contributed by atoms with Crippen LogP contribution in [0.1, 0.15) is 64.7 Å². The van der Waals surface area contributed by atoms with Gasteiger partial charge in [0.2, 0.25) is 0 Å². The second-order valence-corrected chi connectivity index (χ2v) is 13.9. The molecule has 2 nitrogen and oxygen atoms in total. The van der Waals surface area contributed by atoms with Gasteiger partial charge in [-0.3, -0.25) is 0 Å². The molecule has 0 unspecified atom stereocenters. The molecule has 2 aliphatic rings. The van der Waals surface area contributed by atoms with Crippen molar-refractivity contribution >= 4 is 11.4 Å². The van der Waals surface area contributed by atoms with Gasteiger partial charge in [0.25, 0.3) is 0 Å². The maximum absolute atomic E-state index is 14.1. The Kier molecular flexibility index (Phi) is 12.9. The Balaban J connectivity index is 1.58. The highest BCUT2D eigenvalue weighted by Gasteiger charge is 2.21. The van der Waals surface area contributed by atoms with Crippen LogP contribution in [0.15, 0.2) is 181 Å². The minimum absolute atomic E-state index is 0.394. The minimum Gasteiger partial charge on any atom is -0.355 e. The molecule has 0 saturated carbocycles. The molecule has 0 atom stereocenters. The van der Waals surface area contributed by atoms with Gasteiger partial charge in [-0.25, -0.2) is 8.78 Å². The summed E-state index contributed by atoms with van der Waals surface area (Å²) in [6.45, 7) is 10.0. The number of hydrogen-bond acceptors (Lipinski definition) is 2. The van der Waals surface area contributed by atoms with Crippen LogP contribution in [-0.2, 0) is 0 Å². The molecule has 4 heteroatoms. The molecule has 0 saturated heterocycles. The molecule has 270 valence electrons. The Labute approximate surface area is 315 Å². The Bertz CT molecular complexity index is 2010. The highest BCUT2D eigenvalue weighted by molar-refractivity contribution is 5.84. The molecule has 0 radical (unpaired) electrons. The Hall–Kier alpha value is -5.48. The van der Waals surface area contributed by atoms with E-state index in [0.29, 0.717) is 12.9 Å². The van der Waals surface area contributed by atoms with Crippen molar-refractivity contribution in [1.29, 1.82) is 0 Å². The van der Waals surface area contributed by atoms with Crippen LogP contribution in [0, 0.1) is 0 Å². The maximum atomic E-state index is 14.1. The average Bonchev–Trinajstić information content (AvgIpc) is 3.20. The average molecular weight is 705 g/mol. The first kappa shape index (κ1) is 37.3. The molecular weight excluding hydrogens is 655 g/mol. The fourth-order valence-electron chi connectivity index (χ4n) is 7.52. The second kappa shape index (κ2) is 18.3. The second-order valence-electron chi connectivity index (χ2n) is 13.9. The van der Waals surface area contributed by atoms with Gasteiger partial charge in [-0.2, -0.15) is 0 Å². The monoisotopic (exact) mass is 704 g/mol. The van der Waals surface area contributed by atoms with Crippen LogP contribution in [0.5, 0.6) is 0 Å². The van der Waals surface area contributed by atoms with Crippen LogP contribution in [0.4, 0.5) is 20.2 Å². The molecule has 4 aromatic carbocycles. The zero-order valence-electron chi connectivity index (χ0n) is 30.9.